The maximum atomic E-state index is 12.0. The quantitative estimate of drug-likeness (QED) is 0.658. The van der Waals surface area contributed by atoms with Gasteiger partial charge in [-0.15, -0.1) is 0 Å². The number of nitrogens with zero attached hydrogens (tertiary/aromatic N) is 1. The fourth-order valence-electron chi connectivity index (χ4n) is 1.72. The first-order valence-electron chi connectivity index (χ1n) is 5.64. The minimum absolute atomic E-state index is 0.164. The zero-order valence-electron chi connectivity index (χ0n) is 9.89. The monoisotopic (exact) mass is 301 g/mol. The molecule has 0 aliphatic carbocycles. The minimum Gasteiger partial charge on any atom is -0.319 e. The minimum atomic E-state index is -0.565. The number of carbonyl (C=O) groups excluding carboxylic acids is 1. The van der Waals surface area contributed by atoms with Crippen LogP contribution in [0.15, 0.2) is 18.2 Å². The number of benzene rings is 1. The van der Waals surface area contributed by atoms with Gasteiger partial charge in [-0.1, -0.05) is 11.6 Å². The summed E-state index contributed by atoms with van der Waals surface area (Å²) in [5.74, 6) is 1.36. The summed E-state index contributed by atoms with van der Waals surface area (Å²) in [6.07, 6.45) is 0. The van der Waals surface area contributed by atoms with Crippen LogP contribution in [0.2, 0.25) is 5.02 Å². The number of amides is 1. The summed E-state index contributed by atoms with van der Waals surface area (Å²) < 4.78 is 0. The molecule has 1 saturated heterocycles. The topological polar surface area (TPSA) is 84.3 Å². The molecular formula is C11H12ClN3O3S. The van der Waals surface area contributed by atoms with Crippen molar-refractivity contribution in [2.24, 2.45) is 0 Å². The van der Waals surface area contributed by atoms with E-state index < -0.39 is 4.92 Å². The van der Waals surface area contributed by atoms with Gasteiger partial charge in [0.2, 0.25) is 5.91 Å². The molecule has 1 aromatic carbocycles. The average molecular weight is 302 g/mol. The van der Waals surface area contributed by atoms with Crippen molar-refractivity contribution >= 4 is 40.6 Å². The second kappa shape index (κ2) is 6.23. The van der Waals surface area contributed by atoms with E-state index in [0.29, 0.717) is 5.75 Å². The highest BCUT2D eigenvalue weighted by Gasteiger charge is 2.23. The van der Waals surface area contributed by atoms with Crippen LogP contribution in [0.1, 0.15) is 0 Å². The summed E-state index contributed by atoms with van der Waals surface area (Å²) in [5, 5.41) is 16.8. The molecule has 1 aliphatic heterocycles. The van der Waals surface area contributed by atoms with Gasteiger partial charge >= 0.3 is 0 Å². The third-order valence-corrected chi connectivity index (χ3v) is 3.95. The standard InChI is InChI=1S/C11H12ClN3O3S/c12-7-1-2-8(10(5-7)15(17)18)14-11(16)9-6-19-4-3-13-9/h1-2,5,9,13H,3-4,6H2,(H,14,16). The Morgan fingerprint density at radius 1 is 1.58 bits per heavy atom. The van der Waals surface area contributed by atoms with E-state index in [2.05, 4.69) is 10.6 Å². The molecule has 8 heteroatoms. The number of halogens is 1. The summed E-state index contributed by atoms with van der Waals surface area (Å²) in [5.41, 5.74) is -0.0407. The van der Waals surface area contributed by atoms with Gasteiger partial charge in [0.05, 0.1) is 11.0 Å². The highest BCUT2D eigenvalue weighted by molar-refractivity contribution is 7.99. The van der Waals surface area contributed by atoms with E-state index >= 15 is 0 Å². The van der Waals surface area contributed by atoms with E-state index in [1.54, 1.807) is 11.8 Å². The number of nitrogens with one attached hydrogen (secondary N) is 2. The molecule has 1 atom stereocenters. The smallest absolute Gasteiger partial charge is 0.294 e. The predicted molar refractivity (Wildman–Crippen MR) is 75.9 cm³/mol. The van der Waals surface area contributed by atoms with Gasteiger partial charge in [0.15, 0.2) is 0 Å². The normalized spacial score (nSPS) is 18.9. The van der Waals surface area contributed by atoms with Gasteiger partial charge in [0.1, 0.15) is 5.69 Å². The molecule has 1 aromatic rings. The molecule has 1 amide bonds. The molecule has 0 saturated carbocycles. The predicted octanol–water partition coefficient (Wildman–Crippen LogP) is 1.89. The van der Waals surface area contributed by atoms with Crippen LogP contribution in [0.5, 0.6) is 0 Å². The Bertz CT molecular complexity index is 506. The van der Waals surface area contributed by atoms with Gasteiger partial charge in [0, 0.05) is 29.1 Å². The maximum absolute atomic E-state index is 12.0. The van der Waals surface area contributed by atoms with Crippen LogP contribution in [0.3, 0.4) is 0 Å². The largest absolute Gasteiger partial charge is 0.319 e. The van der Waals surface area contributed by atoms with Crippen LogP contribution in [-0.4, -0.2) is 34.9 Å². The maximum Gasteiger partial charge on any atom is 0.294 e. The number of nitro groups is 1. The summed E-state index contributed by atoms with van der Waals surface area (Å²) in [6.45, 7) is 0.755. The van der Waals surface area contributed by atoms with Crippen molar-refractivity contribution in [2.45, 2.75) is 6.04 Å². The van der Waals surface area contributed by atoms with Crippen molar-refractivity contribution < 1.29 is 9.72 Å². The van der Waals surface area contributed by atoms with Gasteiger partial charge in [-0.2, -0.15) is 11.8 Å². The summed E-state index contributed by atoms with van der Waals surface area (Å²) in [4.78, 5) is 22.3. The zero-order valence-corrected chi connectivity index (χ0v) is 11.5. The molecule has 19 heavy (non-hydrogen) atoms. The molecule has 102 valence electrons. The first-order valence-corrected chi connectivity index (χ1v) is 7.17. The number of nitro benzene ring substituents is 1. The van der Waals surface area contributed by atoms with E-state index in [-0.39, 0.29) is 28.3 Å². The van der Waals surface area contributed by atoms with Crippen LogP contribution in [0.4, 0.5) is 11.4 Å². The average Bonchev–Trinajstić information content (AvgIpc) is 2.41. The third-order valence-electron chi connectivity index (χ3n) is 2.65. The molecule has 6 nitrogen and oxygen atoms in total. The SMILES string of the molecule is O=C(Nc1ccc(Cl)cc1[N+](=O)[O-])C1CSCCN1. The van der Waals surface area contributed by atoms with Gasteiger partial charge in [0.25, 0.3) is 5.69 Å². The first kappa shape index (κ1) is 14.1. The molecule has 2 N–H and O–H groups in total. The van der Waals surface area contributed by atoms with Gasteiger partial charge in [-0.3, -0.25) is 14.9 Å². The van der Waals surface area contributed by atoms with Gasteiger partial charge in [-0.25, -0.2) is 0 Å². The Morgan fingerprint density at radius 2 is 2.37 bits per heavy atom. The second-order valence-electron chi connectivity index (χ2n) is 3.99. The lowest BCUT2D eigenvalue weighted by Gasteiger charge is -2.22. The number of hydrogen-bond donors (Lipinski definition) is 2. The van der Waals surface area contributed by atoms with Crippen LogP contribution >= 0.6 is 23.4 Å². The molecule has 1 unspecified atom stereocenters. The Hall–Kier alpha value is -1.31. The number of thioether (sulfide) groups is 1. The van der Waals surface area contributed by atoms with Crippen LogP contribution in [0.25, 0.3) is 0 Å². The van der Waals surface area contributed by atoms with E-state index in [1.807, 2.05) is 0 Å². The van der Waals surface area contributed by atoms with Crippen molar-refractivity contribution in [1.29, 1.82) is 0 Å². The first-order chi connectivity index (χ1) is 9.08. The second-order valence-corrected chi connectivity index (χ2v) is 5.58. The molecule has 0 radical (unpaired) electrons. The Kier molecular flexibility index (Phi) is 4.62. The Balaban J connectivity index is 2.13. The van der Waals surface area contributed by atoms with Gasteiger partial charge in [-0.05, 0) is 12.1 Å². The van der Waals surface area contributed by atoms with E-state index in [1.165, 1.54) is 18.2 Å². The Morgan fingerprint density at radius 3 is 3.00 bits per heavy atom. The molecule has 0 bridgehead atoms. The molecule has 2 rings (SSSR count). The van der Waals surface area contributed by atoms with Crippen molar-refractivity contribution in [3.63, 3.8) is 0 Å². The van der Waals surface area contributed by atoms with Crippen molar-refractivity contribution in [3.8, 4) is 0 Å². The molecule has 1 heterocycles. The highest BCUT2D eigenvalue weighted by atomic mass is 35.5. The molecule has 1 fully saturated rings. The number of anilines is 1. The highest BCUT2D eigenvalue weighted by Crippen LogP contribution is 2.28. The lowest BCUT2D eigenvalue weighted by atomic mass is 10.2. The van der Waals surface area contributed by atoms with Crippen molar-refractivity contribution in [3.05, 3.63) is 33.3 Å². The van der Waals surface area contributed by atoms with Crippen LogP contribution < -0.4 is 10.6 Å². The third kappa shape index (κ3) is 3.59. The fraction of sp³-hybridized carbons (Fsp3) is 0.364. The Labute approximate surface area is 119 Å². The summed E-state index contributed by atoms with van der Waals surface area (Å²) >= 11 is 7.39. The zero-order chi connectivity index (χ0) is 13.8. The number of rotatable bonds is 3. The summed E-state index contributed by atoms with van der Waals surface area (Å²) in [7, 11) is 0. The molecular weight excluding hydrogens is 290 g/mol. The number of hydrogen-bond acceptors (Lipinski definition) is 5. The lowest BCUT2D eigenvalue weighted by Crippen LogP contribution is -2.46. The molecule has 0 aromatic heterocycles. The van der Waals surface area contributed by atoms with Crippen molar-refractivity contribution in [1.82, 2.24) is 5.32 Å². The van der Waals surface area contributed by atoms with E-state index in [0.717, 1.165) is 12.3 Å². The van der Waals surface area contributed by atoms with Gasteiger partial charge < -0.3 is 10.6 Å². The number of carbonyl (C=O) groups is 1. The van der Waals surface area contributed by atoms with Crippen LogP contribution in [-0.2, 0) is 4.79 Å². The lowest BCUT2D eigenvalue weighted by molar-refractivity contribution is -0.383. The summed E-state index contributed by atoms with van der Waals surface area (Å²) in [6, 6.07) is 3.84. The van der Waals surface area contributed by atoms with E-state index in [9.17, 15) is 14.9 Å². The van der Waals surface area contributed by atoms with E-state index in [4.69, 9.17) is 11.6 Å². The fourth-order valence-corrected chi connectivity index (χ4v) is 2.82. The van der Waals surface area contributed by atoms with Crippen LogP contribution in [0, 0.1) is 10.1 Å². The molecule has 1 aliphatic rings. The molecule has 0 spiro atoms. The van der Waals surface area contributed by atoms with Crippen molar-refractivity contribution in [2.75, 3.05) is 23.4 Å².